The van der Waals surface area contributed by atoms with E-state index in [4.69, 9.17) is 0 Å². The molecule has 4 heteroatoms. The van der Waals surface area contributed by atoms with Crippen molar-refractivity contribution in [3.63, 3.8) is 0 Å². The van der Waals surface area contributed by atoms with Crippen molar-refractivity contribution in [1.82, 2.24) is 15.1 Å². The molecule has 0 aromatic heterocycles. The highest BCUT2D eigenvalue weighted by molar-refractivity contribution is 5.78. The summed E-state index contributed by atoms with van der Waals surface area (Å²) in [5.41, 5.74) is 0. The largest absolute Gasteiger partial charge is 0.342 e. The van der Waals surface area contributed by atoms with Crippen LogP contribution in [0.4, 0.5) is 0 Å². The lowest BCUT2D eigenvalue weighted by atomic mass is 10.3. The van der Waals surface area contributed by atoms with Crippen LogP contribution in [0.2, 0.25) is 0 Å². The summed E-state index contributed by atoms with van der Waals surface area (Å²) < 4.78 is 0. The minimum absolute atomic E-state index is 0.217. The zero-order chi connectivity index (χ0) is 12.1. The molecule has 1 N–H and O–H groups in total. The fourth-order valence-corrected chi connectivity index (χ4v) is 1.50. The van der Waals surface area contributed by atoms with E-state index in [0.29, 0.717) is 18.6 Å². The first-order valence-corrected chi connectivity index (χ1v) is 6.19. The molecule has 94 valence electrons. The van der Waals surface area contributed by atoms with E-state index in [1.54, 1.807) is 0 Å². The Balaban J connectivity index is 2.04. The minimum Gasteiger partial charge on any atom is -0.342 e. The Bertz CT molecular complexity index is 226. The van der Waals surface area contributed by atoms with Gasteiger partial charge < -0.3 is 15.1 Å². The summed E-state index contributed by atoms with van der Waals surface area (Å²) in [5, 5.41) is 3.20. The molecule has 1 fully saturated rings. The normalized spacial score (nSPS) is 15.9. The van der Waals surface area contributed by atoms with E-state index in [9.17, 15) is 4.79 Å². The Morgan fingerprint density at radius 3 is 2.50 bits per heavy atom. The molecule has 0 aromatic rings. The van der Waals surface area contributed by atoms with Gasteiger partial charge in [-0.2, -0.15) is 0 Å². The molecule has 0 heterocycles. The second-order valence-corrected chi connectivity index (χ2v) is 4.99. The van der Waals surface area contributed by atoms with E-state index in [-0.39, 0.29) is 5.91 Å². The van der Waals surface area contributed by atoms with Gasteiger partial charge in [0.05, 0.1) is 6.54 Å². The smallest absolute Gasteiger partial charge is 0.236 e. The lowest BCUT2D eigenvalue weighted by Crippen LogP contribution is -2.40. The molecular weight excluding hydrogens is 202 g/mol. The summed E-state index contributed by atoms with van der Waals surface area (Å²) >= 11 is 0. The molecule has 0 spiro atoms. The minimum atomic E-state index is 0.217. The third-order valence-corrected chi connectivity index (χ3v) is 3.29. The second-order valence-electron chi connectivity index (χ2n) is 4.99. The SMILES string of the molecule is CC(C)N(C)CCNCC(=O)N(C)C1CC1. The van der Waals surface area contributed by atoms with Crippen LogP contribution in [0.5, 0.6) is 0 Å². The van der Waals surface area contributed by atoms with Crippen LogP contribution in [-0.2, 0) is 4.79 Å². The van der Waals surface area contributed by atoms with Crippen molar-refractivity contribution in [2.75, 3.05) is 33.7 Å². The van der Waals surface area contributed by atoms with E-state index < -0.39 is 0 Å². The van der Waals surface area contributed by atoms with Crippen LogP contribution in [-0.4, -0.2) is 61.5 Å². The summed E-state index contributed by atoms with van der Waals surface area (Å²) in [6.07, 6.45) is 2.36. The van der Waals surface area contributed by atoms with Gasteiger partial charge in [-0.05, 0) is 33.7 Å². The van der Waals surface area contributed by atoms with Gasteiger partial charge in [0.15, 0.2) is 0 Å². The van der Waals surface area contributed by atoms with Crippen LogP contribution < -0.4 is 5.32 Å². The average molecular weight is 227 g/mol. The summed E-state index contributed by atoms with van der Waals surface area (Å²) in [6, 6.07) is 1.08. The maximum atomic E-state index is 11.7. The van der Waals surface area contributed by atoms with E-state index in [1.807, 2.05) is 11.9 Å². The van der Waals surface area contributed by atoms with Crippen molar-refractivity contribution in [2.24, 2.45) is 0 Å². The Morgan fingerprint density at radius 1 is 1.38 bits per heavy atom. The van der Waals surface area contributed by atoms with E-state index in [0.717, 1.165) is 13.1 Å². The van der Waals surface area contributed by atoms with Gasteiger partial charge in [0.2, 0.25) is 5.91 Å². The lowest BCUT2D eigenvalue weighted by Gasteiger charge is -2.21. The molecule has 1 aliphatic carbocycles. The molecule has 0 aromatic carbocycles. The van der Waals surface area contributed by atoms with Crippen molar-refractivity contribution in [3.05, 3.63) is 0 Å². The van der Waals surface area contributed by atoms with Crippen molar-refractivity contribution < 1.29 is 4.79 Å². The average Bonchev–Trinajstić information content (AvgIpc) is 3.06. The number of rotatable bonds is 7. The quantitative estimate of drug-likeness (QED) is 0.645. The number of nitrogens with one attached hydrogen (secondary N) is 1. The van der Waals surface area contributed by atoms with Gasteiger partial charge in [0.25, 0.3) is 0 Å². The molecule has 0 atom stereocenters. The van der Waals surface area contributed by atoms with Gasteiger partial charge in [-0.1, -0.05) is 0 Å². The molecule has 16 heavy (non-hydrogen) atoms. The number of hydrogen-bond acceptors (Lipinski definition) is 3. The monoisotopic (exact) mass is 227 g/mol. The first-order valence-electron chi connectivity index (χ1n) is 6.19. The highest BCUT2D eigenvalue weighted by Gasteiger charge is 2.28. The van der Waals surface area contributed by atoms with Crippen LogP contribution >= 0.6 is 0 Å². The van der Waals surface area contributed by atoms with Gasteiger partial charge >= 0.3 is 0 Å². The van der Waals surface area contributed by atoms with Gasteiger partial charge in [-0.3, -0.25) is 4.79 Å². The predicted octanol–water partition coefficient (Wildman–Crippen LogP) is 0.537. The zero-order valence-corrected chi connectivity index (χ0v) is 11.0. The number of likely N-dealkylation sites (N-methyl/N-ethyl adjacent to an activating group) is 2. The summed E-state index contributed by atoms with van der Waals surface area (Å²) in [5.74, 6) is 0.217. The highest BCUT2D eigenvalue weighted by atomic mass is 16.2. The highest BCUT2D eigenvalue weighted by Crippen LogP contribution is 2.24. The van der Waals surface area contributed by atoms with Crippen LogP contribution in [0.25, 0.3) is 0 Å². The molecule has 1 amide bonds. The Hall–Kier alpha value is -0.610. The number of nitrogens with zero attached hydrogens (tertiary/aromatic N) is 2. The molecule has 0 unspecified atom stereocenters. The van der Waals surface area contributed by atoms with Gasteiger partial charge in [0.1, 0.15) is 0 Å². The molecule has 0 radical (unpaired) electrons. The van der Waals surface area contributed by atoms with Crippen molar-refractivity contribution in [1.29, 1.82) is 0 Å². The Morgan fingerprint density at radius 2 is 2.00 bits per heavy atom. The number of hydrogen-bond donors (Lipinski definition) is 1. The maximum absolute atomic E-state index is 11.7. The van der Waals surface area contributed by atoms with Crippen molar-refractivity contribution in [2.45, 2.75) is 38.8 Å². The molecular formula is C12H25N3O. The summed E-state index contributed by atoms with van der Waals surface area (Å²) in [7, 11) is 4.01. The summed E-state index contributed by atoms with van der Waals surface area (Å²) in [4.78, 5) is 15.8. The molecule has 4 nitrogen and oxygen atoms in total. The summed E-state index contributed by atoms with van der Waals surface area (Å²) in [6.45, 7) is 6.67. The second kappa shape index (κ2) is 6.21. The van der Waals surface area contributed by atoms with Gasteiger partial charge in [0, 0.05) is 32.2 Å². The lowest BCUT2D eigenvalue weighted by molar-refractivity contribution is -0.129. The number of amides is 1. The molecule has 0 bridgehead atoms. The Kier molecular flexibility index (Phi) is 5.22. The standard InChI is InChI=1S/C12H25N3O/c1-10(2)14(3)8-7-13-9-12(16)15(4)11-5-6-11/h10-11,13H,5-9H2,1-4H3. The molecule has 1 saturated carbocycles. The van der Waals surface area contributed by atoms with Gasteiger partial charge in [-0.15, -0.1) is 0 Å². The Labute approximate surface area is 99.0 Å². The maximum Gasteiger partial charge on any atom is 0.236 e. The van der Waals surface area contributed by atoms with E-state index >= 15 is 0 Å². The predicted molar refractivity (Wildman–Crippen MR) is 66.4 cm³/mol. The fourth-order valence-electron chi connectivity index (χ4n) is 1.50. The first-order chi connectivity index (χ1) is 7.52. The van der Waals surface area contributed by atoms with Gasteiger partial charge in [-0.25, -0.2) is 0 Å². The fraction of sp³-hybridized carbons (Fsp3) is 0.917. The van der Waals surface area contributed by atoms with Crippen LogP contribution in [0, 0.1) is 0 Å². The van der Waals surface area contributed by atoms with Crippen LogP contribution in [0.3, 0.4) is 0 Å². The number of carbonyl (C=O) groups excluding carboxylic acids is 1. The molecule has 1 aliphatic rings. The zero-order valence-electron chi connectivity index (χ0n) is 11.0. The molecule has 1 rings (SSSR count). The topological polar surface area (TPSA) is 35.6 Å². The van der Waals surface area contributed by atoms with E-state index in [1.165, 1.54) is 12.8 Å². The number of carbonyl (C=O) groups is 1. The van der Waals surface area contributed by atoms with Crippen molar-refractivity contribution >= 4 is 5.91 Å². The molecule has 0 saturated heterocycles. The third-order valence-electron chi connectivity index (χ3n) is 3.29. The van der Waals surface area contributed by atoms with Crippen LogP contribution in [0.15, 0.2) is 0 Å². The van der Waals surface area contributed by atoms with Crippen LogP contribution in [0.1, 0.15) is 26.7 Å². The van der Waals surface area contributed by atoms with E-state index in [2.05, 4.69) is 31.1 Å². The first kappa shape index (κ1) is 13.5. The molecule has 0 aliphatic heterocycles. The third kappa shape index (κ3) is 4.49. The van der Waals surface area contributed by atoms with Crippen molar-refractivity contribution in [3.8, 4) is 0 Å².